The number of imidazole rings is 1. The fourth-order valence-electron chi connectivity index (χ4n) is 3.71. The molecule has 5 rings (SSSR count). The third-order valence-corrected chi connectivity index (χ3v) is 5.59. The highest BCUT2D eigenvalue weighted by molar-refractivity contribution is 6.30. The van der Waals surface area contributed by atoms with Gasteiger partial charge in [-0.25, -0.2) is 19.5 Å². The number of hydrogen-bond donors (Lipinski definition) is 2. The van der Waals surface area contributed by atoms with Crippen LogP contribution in [0.2, 0.25) is 5.02 Å². The van der Waals surface area contributed by atoms with Gasteiger partial charge in [-0.05, 0) is 36.4 Å². The van der Waals surface area contributed by atoms with E-state index in [0.717, 1.165) is 16.7 Å². The van der Waals surface area contributed by atoms with Gasteiger partial charge in [0.1, 0.15) is 6.33 Å². The largest absolute Gasteiger partial charge is 0.493 e. The normalized spacial score (nSPS) is 10.8. The Labute approximate surface area is 211 Å². The van der Waals surface area contributed by atoms with Crippen LogP contribution in [-0.4, -0.2) is 45.8 Å². The Morgan fingerprint density at radius 3 is 2.19 bits per heavy atom. The average Bonchev–Trinajstić information content (AvgIpc) is 3.27. The number of methoxy groups -OCH3 is 3. The van der Waals surface area contributed by atoms with Crippen molar-refractivity contribution in [3.05, 3.63) is 72.0 Å². The maximum absolute atomic E-state index is 6.04. The highest BCUT2D eigenvalue weighted by Gasteiger charge is 2.17. The number of anilines is 4. The van der Waals surface area contributed by atoms with E-state index >= 15 is 0 Å². The molecule has 0 aliphatic rings. The number of hydrogen-bond acceptors (Lipinski definition) is 9. The van der Waals surface area contributed by atoms with Crippen LogP contribution in [0.25, 0.3) is 17.0 Å². The minimum absolute atomic E-state index is 0.324. The zero-order valence-electron chi connectivity index (χ0n) is 19.7. The summed E-state index contributed by atoms with van der Waals surface area (Å²) in [4.78, 5) is 18.1. The molecule has 0 unspecified atom stereocenters. The van der Waals surface area contributed by atoms with Crippen LogP contribution >= 0.6 is 11.6 Å². The fourth-order valence-corrected chi connectivity index (χ4v) is 3.84. The molecule has 0 bridgehead atoms. The molecule has 0 aliphatic heterocycles. The van der Waals surface area contributed by atoms with Crippen LogP contribution in [0.15, 0.2) is 67.0 Å². The summed E-state index contributed by atoms with van der Waals surface area (Å²) in [6.45, 7) is 0. The van der Waals surface area contributed by atoms with Crippen molar-refractivity contribution in [2.75, 3.05) is 32.0 Å². The predicted molar refractivity (Wildman–Crippen MR) is 139 cm³/mol. The molecule has 36 heavy (non-hydrogen) atoms. The molecule has 0 spiro atoms. The van der Waals surface area contributed by atoms with E-state index in [0.29, 0.717) is 45.8 Å². The summed E-state index contributed by atoms with van der Waals surface area (Å²) in [5.41, 5.74) is 3.09. The summed E-state index contributed by atoms with van der Waals surface area (Å²) >= 11 is 6.04. The van der Waals surface area contributed by atoms with Crippen molar-refractivity contribution in [3.63, 3.8) is 0 Å². The fraction of sp³-hybridized carbons (Fsp3) is 0.120. The van der Waals surface area contributed by atoms with Gasteiger partial charge in [0, 0.05) is 28.5 Å². The molecule has 0 amide bonds. The Kier molecular flexibility index (Phi) is 6.42. The first kappa shape index (κ1) is 23.2. The monoisotopic (exact) mass is 503 g/mol. The lowest BCUT2D eigenvalue weighted by atomic mass is 10.2. The Hall–Kier alpha value is -4.57. The molecule has 3 aromatic carbocycles. The minimum atomic E-state index is 0.324. The Morgan fingerprint density at radius 2 is 1.50 bits per heavy atom. The second kappa shape index (κ2) is 9.96. The number of rotatable bonds is 8. The van der Waals surface area contributed by atoms with Crippen molar-refractivity contribution < 1.29 is 14.2 Å². The van der Waals surface area contributed by atoms with Gasteiger partial charge < -0.3 is 24.8 Å². The van der Waals surface area contributed by atoms with Gasteiger partial charge in [0.05, 0.1) is 32.4 Å². The Bertz CT molecular complexity index is 1500. The van der Waals surface area contributed by atoms with E-state index in [1.165, 1.54) is 6.33 Å². The predicted octanol–water partition coefficient (Wildman–Crippen LogP) is 5.38. The van der Waals surface area contributed by atoms with Gasteiger partial charge in [-0.1, -0.05) is 23.7 Å². The van der Waals surface area contributed by atoms with E-state index in [9.17, 15) is 0 Å². The zero-order chi connectivity index (χ0) is 25.1. The molecule has 10 nitrogen and oxygen atoms in total. The number of ether oxygens (including phenoxy) is 3. The van der Waals surface area contributed by atoms with Crippen LogP contribution in [-0.2, 0) is 0 Å². The van der Waals surface area contributed by atoms with Gasteiger partial charge in [0.15, 0.2) is 11.5 Å². The first-order valence-electron chi connectivity index (χ1n) is 10.9. The lowest BCUT2D eigenvalue weighted by molar-refractivity contribution is 0.324. The van der Waals surface area contributed by atoms with Gasteiger partial charge in [0.2, 0.25) is 23.6 Å². The standard InChI is InChI=1S/C25H22ClN7O3/c1-34-20-12-17(13-21(35-2)22(20)36-3)29-23-27-14-28-24(32-23)33-19-7-5-4-6-18(19)31-25(33)30-16-10-8-15(26)9-11-16/h4-14H,1-3H3,(H,30,31)(H,27,28,29,32). The number of benzene rings is 3. The second-order valence-electron chi connectivity index (χ2n) is 7.54. The van der Waals surface area contributed by atoms with Gasteiger partial charge in [-0.3, -0.25) is 0 Å². The van der Waals surface area contributed by atoms with E-state index in [-0.39, 0.29) is 0 Å². The maximum Gasteiger partial charge on any atom is 0.241 e. The molecule has 182 valence electrons. The first-order valence-corrected chi connectivity index (χ1v) is 11.2. The van der Waals surface area contributed by atoms with Crippen molar-refractivity contribution in [3.8, 4) is 23.2 Å². The smallest absolute Gasteiger partial charge is 0.241 e. The third-order valence-electron chi connectivity index (χ3n) is 5.34. The van der Waals surface area contributed by atoms with Crippen molar-refractivity contribution in [2.45, 2.75) is 0 Å². The SMILES string of the molecule is COc1cc(Nc2ncnc(-n3c(Nc4ccc(Cl)cc4)nc4ccccc43)n2)cc(OC)c1OC. The Morgan fingerprint density at radius 1 is 0.778 bits per heavy atom. The van der Waals surface area contributed by atoms with Crippen LogP contribution in [0.4, 0.5) is 23.3 Å². The number of nitrogens with one attached hydrogen (secondary N) is 2. The lowest BCUT2D eigenvalue weighted by Crippen LogP contribution is -2.08. The van der Waals surface area contributed by atoms with Gasteiger partial charge in [-0.2, -0.15) is 4.98 Å². The summed E-state index contributed by atoms with van der Waals surface area (Å²) in [5, 5.41) is 7.16. The third kappa shape index (κ3) is 4.53. The molecule has 2 heterocycles. The topological polar surface area (TPSA) is 108 Å². The van der Waals surface area contributed by atoms with Crippen LogP contribution in [0.1, 0.15) is 0 Å². The number of halogens is 1. The quantitative estimate of drug-likeness (QED) is 0.288. The van der Waals surface area contributed by atoms with Crippen LogP contribution in [0, 0.1) is 0 Å². The number of fused-ring (bicyclic) bond motifs is 1. The molecular weight excluding hydrogens is 482 g/mol. The highest BCUT2D eigenvalue weighted by atomic mass is 35.5. The summed E-state index contributed by atoms with van der Waals surface area (Å²) in [5.74, 6) is 2.75. The van der Waals surface area contributed by atoms with Gasteiger partial charge >= 0.3 is 0 Å². The molecule has 0 fully saturated rings. The molecule has 0 atom stereocenters. The van der Waals surface area contributed by atoms with E-state index < -0.39 is 0 Å². The molecule has 5 aromatic rings. The summed E-state index contributed by atoms with van der Waals surface area (Å²) in [7, 11) is 4.67. The van der Waals surface area contributed by atoms with Gasteiger partial charge in [-0.15, -0.1) is 0 Å². The molecule has 2 aromatic heterocycles. The van der Waals surface area contributed by atoms with Crippen molar-refractivity contribution in [2.24, 2.45) is 0 Å². The van der Waals surface area contributed by atoms with Crippen molar-refractivity contribution in [1.82, 2.24) is 24.5 Å². The van der Waals surface area contributed by atoms with Crippen molar-refractivity contribution >= 4 is 45.9 Å². The zero-order valence-corrected chi connectivity index (χ0v) is 20.4. The van der Waals surface area contributed by atoms with Gasteiger partial charge in [0.25, 0.3) is 0 Å². The summed E-state index contributed by atoms with van der Waals surface area (Å²) in [6, 6.07) is 18.6. The Balaban J connectivity index is 1.54. The van der Waals surface area contributed by atoms with E-state index in [4.69, 9.17) is 30.8 Å². The number of nitrogens with zero attached hydrogens (tertiary/aromatic N) is 5. The van der Waals surface area contributed by atoms with E-state index in [1.807, 2.05) is 41.0 Å². The lowest BCUT2D eigenvalue weighted by Gasteiger charge is -2.15. The second-order valence-corrected chi connectivity index (χ2v) is 7.98. The van der Waals surface area contributed by atoms with E-state index in [2.05, 4.69) is 25.6 Å². The van der Waals surface area contributed by atoms with Crippen LogP contribution in [0.3, 0.4) is 0 Å². The average molecular weight is 504 g/mol. The van der Waals surface area contributed by atoms with Crippen LogP contribution < -0.4 is 24.8 Å². The highest BCUT2D eigenvalue weighted by Crippen LogP contribution is 2.40. The first-order chi connectivity index (χ1) is 17.6. The molecule has 0 aliphatic carbocycles. The molecule has 0 saturated carbocycles. The molecule has 0 saturated heterocycles. The number of aromatic nitrogens is 5. The summed E-state index contributed by atoms with van der Waals surface area (Å²) < 4.78 is 18.1. The molecular formula is C25H22ClN7O3. The molecule has 0 radical (unpaired) electrons. The van der Waals surface area contributed by atoms with Crippen LogP contribution in [0.5, 0.6) is 17.2 Å². The van der Waals surface area contributed by atoms with E-state index in [1.54, 1.807) is 45.6 Å². The maximum atomic E-state index is 6.04. The summed E-state index contributed by atoms with van der Waals surface area (Å²) in [6.07, 6.45) is 1.43. The molecule has 11 heteroatoms. The van der Waals surface area contributed by atoms with Crippen molar-refractivity contribution in [1.29, 1.82) is 0 Å². The molecule has 2 N–H and O–H groups in total. The number of para-hydroxylation sites is 2. The minimum Gasteiger partial charge on any atom is -0.493 e.